The van der Waals surface area contributed by atoms with E-state index in [1.807, 2.05) is 20.8 Å². The third kappa shape index (κ3) is 3.17. The van der Waals surface area contributed by atoms with Crippen LogP contribution < -0.4 is 16.6 Å². The largest absolute Gasteiger partial charge is 0.347 e. The Balaban J connectivity index is 3.21. The first-order chi connectivity index (χ1) is 8.26. The molecule has 1 aromatic carbocycles. The van der Waals surface area contributed by atoms with Crippen molar-refractivity contribution in [1.29, 1.82) is 0 Å². The molecule has 98 valence electrons. The molecule has 4 N–H and O–H groups in total. The molecule has 0 aliphatic rings. The van der Waals surface area contributed by atoms with E-state index in [1.54, 1.807) is 0 Å². The fourth-order valence-corrected chi connectivity index (χ4v) is 1.44. The van der Waals surface area contributed by atoms with E-state index in [-0.39, 0.29) is 16.9 Å². The number of nitrogen functional groups attached to an aromatic ring is 1. The molecular formula is C11H16N4O3. The molecule has 0 aliphatic carbocycles. The van der Waals surface area contributed by atoms with Gasteiger partial charge < -0.3 is 10.7 Å². The Morgan fingerprint density at radius 3 is 2.44 bits per heavy atom. The summed E-state index contributed by atoms with van der Waals surface area (Å²) in [5.74, 6) is 4.84. The highest BCUT2D eigenvalue weighted by Crippen LogP contribution is 2.27. The number of carbonyl (C=O) groups excluding carboxylic acids is 1. The maximum absolute atomic E-state index is 12.0. The summed E-state index contributed by atoms with van der Waals surface area (Å²) < 4.78 is 0. The van der Waals surface area contributed by atoms with Crippen LogP contribution in [0.5, 0.6) is 0 Å². The van der Waals surface area contributed by atoms with Crippen molar-refractivity contribution < 1.29 is 9.72 Å². The highest BCUT2D eigenvalue weighted by molar-refractivity contribution is 6.01. The maximum atomic E-state index is 12.0. The van der Waals surface area contributed by atoms with Crippen molar-refractivity contribution in [3.05, 3.63) is 33.9 Å². The molecule has 7 nitrogen and oxygen atoms in total. The van der Waals surface area contributed by atoms with Gasteiger partial charge in [0.2, 0.25) is 0 Å². The molecule has 1 amide bonds. The van der Waals surface area contributed by atoms with Gasteiger partial charge in [0.25, 0.3) is 11.6 Å². The highest BCUT2D eigenvalue weighted by atomic mass is 16.6. The van der Waals surface area contributed by atoms with Crippen molar-refractivity contribution >= 4 is 17.3 Å². The van der Waals surface area contributed by atoms with E-state index in [2.05, 4.69) is 10.7 Å². The summed E-state index contributed by atoms with van der Waals surface area (Å²) in [5, 5.41) is 13.5. The van der Waals surface area contributed by atoms with Crippen molar-refractivity contribution in [1.82, 2.24) is 5.32 Å². The van der Waals surface area contributed by atoms with E-state index in [4.69, 9.17) is 5.84 Å². The van der Waals surface area contributed by atoms with Crippen LogP contribution >= 0.6 is 0 Å². The molecule has 0 aliphatic heterocycles. The molecule has 0 aromatic heterocycles. The summed E-state index contributed by atoms with van der Waals surface area (Å²) in [5.41, 5.74) is 1.68. The minimum Gasteiger partial charge on any atom is -0.347 e. The number of hydrogen-bond acceptors (Lipinski definition) is 5. The van der Waals surface area contributed by atoms with E-state index in [0.717, 1.165) is 0 Å². The summed E-state index contributed by atoms with van der Waals surface area (Å²) in [6, 6.07) is 4.20. The van der Waals surface area contributed by atoms with Gasteiger partial charge in [-0.25, -0.2) is 0 Å². The van der Waals surface area contributed by atoms with Crippen LogP contribution in [0.1, 0.15) is 31.1 Å². The van der Waals surface area contributed by atoms with E-state index >= 15 is 0 Å². The lowest BCUT2D eigenvalue weighted by Crippen LogP contribution is -2.41. The molecular weight excluding hydrogens is 236 g/mol. The number of nitrogens with one attached hydrogen (secondary N) is 2. The number of benzene rings is 1. The number of nitro benzene ring substituents is 1. The number of amides is 1. The van der Waals surface area contributed by atoms with Crippen molar-refractivity contribution in [3.8, 4) is 0 Å². The lowest BCUT2D eigenvalue weighted by Gasteiger charge is -2.21. The van der Waals surface area contributed by atoms with E-state index < -0.39 is 16.4 Å². The topological polar surface area (TPSA) is 110 Å². The number of rotatable bonds is 3. The fourth-order valence-electron chi connectivity index (χ4n) is 1.44. The zero-order valence-corrected chi connectivity index (χ0v) is 10.5. The van der Waals surface area contributed by atoms with E-state index in [0.29, 0.717) is 0 Å². The van der Waals surface area contributed by atoms with E-state index in [1.165, 1.54) is 18.2 Å². The second kappa shape index (κ2) is 5.01. The number of hydrazine groups is 1. The molecule has 0 spiro atoms. The molecule has 7 heteroatoms. The van der Waals surface area contributed by atoms with Crippen LogP contribution in [0.2, 0.25) is 0 Å². The predicted molar refractivity (Wildman–Crippen MR) is 68.1 cm³/mol. The average molecular weight is 252 g/mol. The lowest BCUT2D eigenvalue weighted by atomic mass is 10.1. The van der Waals surface area contributed by atoms with Crippen LogP contribution in [0.4, 0.5) is 11.4 Å². The minimum absolute atomic E-state index is 0.00394. The van der Waals surface area contributed by atoms with Gasteiger partial charge in [0, 0.05) is 11.6 Å². The molecule has 0 atom stereocenters. The molecule has 0 fully saturated rings. The van der Waals surface area contributed by atoms with Gasteiger partial charge >= 0.3 is 0 Å². The van der Waals surface area contributed by atoms with Crippen molar-refractivity contribution in [2.24, 2.45) is 5.84 Å². The fraction of sp³-hybridized carbons (Fsp3) is 0.364. The summed E-state index contributed by atoms with van der Waals surface area (Å²) in [6.45, 7) is 5.45. The molecule has 1 aromatic rings. The third-order valence-corrected chi connectivity index (χ3v) is 2.12. The quantitative estimate of drug-likeness (QED) is 0.428. The van der Waals surface area contributed by atoms with Gasteiger partial charge in [0.1, 0.15) is 5.69 Å². The Bertz CT molecular complexity index is 480. The average Bonchev–Trinajstić information content (AvgIpc) is 2.25. The first-order valence-electron chi connectivity index (χ1n) is 5.33. The summed E-state index contributed by atoms with van der Waals surface area (Å²) >= 11 is 0. The Kier molecular flexibility index (Phi) is 3.87. The number of nitrogens with two attached hydrogens (primary N) is 1. The molecule has 18 heavy (non-hydrogen) atoms. The maximum Gasteiger partial charge on any atom is 0.294 e. The Hall–Kier alpha value is -2.15. The molecule has 0 heterocycles. The lowest BCUT2D eigenvalue weighted by molar-refractivity contribution is -0.384. The number of hydrogen-bond donors (Lipinski definition) is 3. The zero-order chi connectivity index (χ0) is 13.9. The molecule has 0 bridgehead atoms. The summed E-state index contributed by atoms with van der Waals surface area (Å²) in [6.07, 6.45) is 0. The molecule has 0 radical (unpaired) electrons. The van der Waals surface area contributed by atoms with Gasteiger partial charge in [-0.3, -0.25) is 20.8 Å². The second-order valence-corrected chi connectivity index (χ2v) is 4.81. The molecule has 0 saturated heterocycles. The number of carbonyl (C=O) groups is 1. The number of nitro groups is 1. The SMILES string of the molecule is CC(C)(C)NC(=O)c1cccc([N+](=O)[O-])c1NN. The highest BCUT2D eigenvalue weighted by Gasteiger charge is 2.23. The first kappa shape index (κ1) is 13.9. The smallest absolute Gasteiger partial charge is 0.294 e. The third-order valence-electron chi connectivity index (χ3n) is 2.12. The number of para-hydroxylation sites is 1. The van der Waals surface area contributed by atoms with Crippen LogP contribution in [0.15, 0.2) is 18.2 Å². The van der Waals surface area contributed by atoms with Gasteiger partial charge in [0.05, 0.1) is 10.5 Å². The second-order valence-electron chi connectivity index (χ2n) is 4.81. The van der Waals surface area contributed by atoms with Crippen molar-refractivity contribution in [2.75, 3.05) is 5.43 Å². The monoisotopic (exact) mass is 252 g/mol. The van der Waals surface area contributed by atoms with Crippen LogP contribution in [0.25, 0.3) is 0 Å². The molecule has 0 saturated carbocycles. The van der Waals surface area contributed by atoms with Gasteiger partial charge in [-0.2, -0.15) is 0 Å². The number of anilines is 1. The van der Waals surface area contributed by atoms with Gasteiger partial charge in [-0.1, -0.05) is 6.07 Å². The van der Waals surface area contributed by atoms with Crippen LogP contribution in [0.3, 0.4) is 0 Å². The Morgan fingerprint density at radius 1 is 1.39 bits per heavy atom. The van der Waals surface area contributed by atoms with Crippen LogP contribution in [0, 0.1) is 10.1 Å². The van der Waals surface area contributed by atoms with Gasteiger partial charge in [-0.05, 0) is 26.8 Å². The standard InChI is InChI=1S/C11H16N4O3/c1-11(2,3)13-10(16)7-5-4-6-8(15(17)18)9(7)14-12/h4-6,14H,12H2,1-3H3,(H,13,16). The van der Waals surface area contributed by atoms with Crippen LogP contribution in [-0.2, 0) is 0 Å². The van der Waals surface area contributed by atoms with E-state index in [9.17, 15) is 14.9 Å². The predicted octanol–water partition coefficient (Wildman–Crippen LogP) is 1.41. The Morgan fingerprint density at radius 2 is 2.00 bits per heavy atom. The molecule has 0 unspecified atom stereocenters. The van der Waals surface area contributed by atoms with Gasteiger partial charge in [0.15, 0.2) is 0 Å². The minimum atomic E-state index is -0.594. The van der Waals surface area contributed by atoms with Gasteiger partial charge in [-0.15, -0.1) is 0 Å². The number of nitrogens with zero attached hydrogens (tertiary/aromatic N) is 1. The van der Waals surface area contributed by atoms with Crippen molar-refractivity contribution in [2.45, 2.75) is 26.3 Å². The van der Waals surface area contributed by atoms with Crippen molar-refractivity contribution in [3.63, 3.8) is 0 Å². The zero-order valence-electron chi connectivity index (χ0n) is 10.5. The molecule has 1 rings (SSSR count). The van der Waals surface area contributed by atoms with Crippen LogP contribution in [-0.4, -0.2) is 16.4 Å². The normalized spacial score (nSPS) is 10.9. The summed E-state index contributed by atoms with van der Waals surface area (Å²) in [4.78, 5) is 22.2. The summed E-state index contributed by atoms with van der Waals surface area (Å²) in [7, 11) is 0. The Labute approximate surface area is 104 Å². The first-order valence-corrected chi connectivity index (χ1v) is 5.33.